The Kier molecular flexibility index (Phi) is 5.72. The Morgan fingerprint density at radius 1 is 1.19 bits per heavy atom. The molecule has 116 valence electrons. The van der Waals surface area contributed by atoms with Crippen LogP contribution >= 0.6 is 0 Å². The predicted molar refractivity (Wildman–Crippen MR) is 83.1 cm³/mol. The zero-order valence-electron chi connectivity index (χ0n) is 12.8. The van der Waals surface area contributed by atoms with Gasteiger partial charge < -0.3 is 20.1 Å². The third kappa shape index (κ3) is 4.55. The summed E-state index contributed by atoms with van der Waals surface area (Å²) in [6.07, 6.45) is 5.90. The second-order valence-electron chi connectivity index (χ2n) is 5.32. The summed E-state index contributed by atoms with van der Waals surface area (Å²) in [5.74, 6) is 1.42. The predicted octanol–water partition coefficient (Wildman–Crippen LogP) is 2.56. The fourth-order valence-electron chi connectivity index (χ4n) is 2.65. The van der Waals surface area contributed by atoms with E-state index in [0.717, 1.165) is 24.3 Å². The van der Waals surface area contributed by atoms with Crippen LogP contribution in [0, 0.1) is 0 Å². The Hall–Kier alpha value is -1.91. The lowest BCUT2D eigenvalue weighted by molar-refractivity contribution is -0.120. The molecule has 0 atom stereocenters. The number of hydrogen-bond acceptors (Lipinski definition) is 4. The number of anilines is 1. The molecule has 0 unspecified atom stereocenters. The maximum Gasteiger partial charge on any atom is 0.239 e. The average molecular weight is 292 g/mol. The van der Waals surface area contributed by atoms with E-state index in [2.05, 4.69) is 10.6 Å². The molecule has 0 aromatic heterocycles. The second-order valence-corrected chi connectivity index (χ2v) is 5.32. The van der Waals surface area contributed by atoms with E-state index in [-0.39, 0.29) is 12.5 Å². The maximum absolute atomic E-state index is 12.0. The summed E-state index contributed by atoms with van der Waals surface area (Å²) in [5.41, 5.74) is 0.789. The minimum Gasteiger partial charge on any atom is -0.497 e. The van der Waals surface area contributed by atoms with Crippen LogP contribution in [-0.4, -0.2) is 32.7 Å². The van der Waals surface area contributed by atoms with E-state index >= 15 is 0 Å². The SMILES string of the molecule is COc1ccc(NCC(=O)NC2CCCCC2)c(OC)c1. The topological polar surface area (TPSA) is 59.6 Å². The zero-order chi connectivity index (χ0) is 15.1. The van der Waals surface area contributed by atoms with Gasteiger partial charge in [0.2, 0.25) is 5.91 Å². The number of carbonyl (C=O) groups excluding carboxylic acids is 1. The number of hydrogen-bond donors (Lipinski definition) is 2. The van der Waals surface area contributed by atoms with Crippen molar-refractivity contribution in [1.82, 2.24) is 5.32 Å². The summed E-state index contributed by atoms with van der Waals surface area (Å²) in [6, 6.07) is 5.82. The Balaban J connectivity index is 1.85. The van der Waals surface area contributed by atoms with Gasteiger partial charge in [-0.25, -0.2) is 0 Å². The molecule has 21 heavy (non-hydrogen) atoms. The maximum atomic E-state index is 12.0. The third-order valence-electron chi connectivity index (χ3n) is 3.82. The molecule has 2 rings (SSSR count). The molecule has 0 spiro atoms. The number of amides is 1. The molecular weight excluding hydrogens is 268 g/mol. The third-order valence-corrected chi connectivity index (χ3v) is 3.82. The number of benzene rings is 1. The van der Waals surface area contributed by atoms with E-state index < -0.39 is 0 Å². The van der Waals surface area contributed by atoms with Gasteiger partial charge in [0.05, 0.1) is 26.5 Å². The van der Waals surface area contributed by atoms with Crippen molar-refractivity contribution in [3.8, 4) is 11.5 Å². The lowest BCUT2D eigenvalue weighted by Crippen LogP contribution is -2.39. The fraction of sp³-hybridized carbons (Fsp3) is 0.562. The minimum absolute atomic E-state index is 0.0276. The highest BCUT2D eigenvalue weighted by atomic mass is 16.5. The van der Waals surface area contributed by atoms with E-state index in [0.29, 0.717) is 11.8 Å². The van der Waals surface area contributed by atoms with Crippen molar-refractivity contribution < 1.29 is 14.3 Å². The standard InChI is InChI=1S/C16H24N2O3/c1-20-13-8-9-14(15(10-13)21-2)17-11-16(19)18-12-6-4-3-5-7-12/h8-10,12,17H,3-7,11H2,1-2H3,(H,18,19). The van der Waals surface area contributed by atoms with Crippen LogP contribution in [0.5, 0.6) is 11.5 Å². The van der Waals surface area contributed by atoms with Crippen LogP contribution in [0.25, 0.3) is 0 Å². The second kappa shape index (κ2) is 7.76. The van der Waals surface area contributed by atoms with E-state index in [1.54, 1.807) is 20.3 Å². The van der Waals surface area contributed by atoms with Crippen LogP contribution in [0.1, 0.15) is 32.1 Å². The van der Waals surface area contributed by atoms with Gasteiger partial charge in [-0.1, -0.05) is 19.3 Å². The highest BCUT2D eigenvalue weighted by Crippen LogP contribution is 2.28. The van der Waals surface area contributed by atoms with Crippen LogP contribution in [0.4, 0.5) is 5.69 Å². The monoisotopic (exact) mass is 292 g/mol. The number of methoxy groups -OCH3 is 2. The van der Waals surface area contributed by atoms with Gasteiger partial charge >= 0.3 is 0 Å². The molecule has 5 heteroatoms. The highest BCUT2D eigenvalue weighted by molar-refractivity contribution is 5.81. The molecule has 0 bridgehead atoms. The van der Waals surface area contributed by atoms with Gasteiger partial charge in [0.15, 0.2) is 0 Å². The molecule has 1 aliphatic rings. The van der Waals surface area contributed by atoms with E-state index in [1.807, 2.05) is 12.1 Å². The molecule has 2 N–H and O–H groups in total. The van der Waals surface area contributed by atoms with Gasteiger partial charge in [0.25, 0.3) is 0 Å². The number of carbonyl (C=O) groups is 1. The van der Waals surface area contributed by atoms with Crippen LogP contribution in [0.15, 0.2) is 18.2 Å². The zero-order valence-corrected chi connectivity index (χ0v) is 12.8. The lowest BCUT2D eigenvalue weighted by atomic mass is 9.95. The largest absolute Gasteiger partial charge is 0.497 e. The Bertz CT molecular complexity index is 471. The molecule has 0 heterocycles. The first-order valence-corrected chi connectivity index (χ1v) is 7.48. The number of ether oxygens (including phenoxy) is 2. The van der Waals surface area contributed by atoms with Crippen molar-refractivity contribution in [3.63, 3.8) is 0 Å². The lowest BCUT2D eigenvalue weighted by Gasteiger charge is -2.23. The molecular formula is C16H24N2O3. The molecule has 1 fully saturated rings. The Labute approximate surface area is 126 Å². The molecule has 1 amide bonds. The van der Waals surface area contributed by atoms with Gasteiger partial charge in [-0.2, -0.15) is 0 Å². The van der Waals surface area contributed by atoms with Crippen LogP contribution in [-0.2, 0) is 4.79 Å². The summed E-state index contributed by atoms with van der Waals surface area (Å²) in [6.45, 7) is 0.249. The molecule has 1 aromatic rings. The van der Waals surface area contributed by atoms with Crippen LogP contribution in [0.3, 0.4) is 0 Å². The minimum atomic E-state index is 0.0276. The summed E-state index contributed by atoms with van der Waals surface area (Å²) in [5, 5.41) is 6.19. The first-order valence-electron chi connectivity index (χ1n) is 7.48. The Morgan fingerprint density at radius 3 is 2.62 bits per heavy atom. The van der Waals surface area contributed by atoms with Gasteiger partial charge in [0, 0.05) is 12.1 Å². The quantitative estimate of drug-likeness (QED) is 0.846. The summed E-state index contributed by atoms with van der Waals surface area (Å²) in [7, 11) is 3.21. The first kappa shape index (κ1) is 15.5. The van der Waals surface area contributed by atoms with Gasteiger partial charge in [-0.3, -0.25) is 4.79 Å². The van der Waals surface area contributed by atoms with Crippen molar-refractivity contribution in [2.24, 2.45) is 0 Å². The summed E-state index contributed by atoms with van der Waals surface area (Å²) in [4.78, 5) is 12.0. The van der Waals surface area contributed by atoms with Crippen molar-refractivity contribution in [2.75, 3.05) is 26.1 Å². The number of nitrogens with one attached hydrogen (secondary N) is 2. The van der Waals surface area contributed by atoms with Crippen LogP contribution < -0.4 is 20.1 Å². The van der Waals surface area contributed by atoms with E-state index in [4.69, 9.17) is 9.47 Å². The highest BCUT2D eigenvalue weighted by Gasteiger charge is 2.15. The molecule has 0 radical (unpaired) electrons. The number of rotatable bonds is 6. The van der Waals surface area contributed by atoms with Crippen molar-refractivity contribution in [1.29, 1.82) is 0 Å². The van der Waals surface area contributed by atoms with Gasteiger partial charge in [-0.15, -0.1) is 0 Å². The first-order chi connectivity index (χ1) is 10.2. The summed E-state index contributed by atoms with van der Waals surface area (Å²) >= 11 is 0. The van der Waals surface area contributed by atoms with E-state index in [1.165, 1.54) is 19.3 Å². The van der Waals surface area contributed by atoms with Crippen LogP contribution in [0.2, 0.25) is 0 Å². The molecule has 0 aliphatic heterocycles. The van der Waals surface area contributed by atoms with E-state index in [9.17, 15) is 4.79 Å². The van der Waals surface area contributed by atoms with Crippen molar-refractivity contribution >= 4 is 11.6 Å². The molecule has 1 aliphatic carbocycles. The smallest absolute Gasteiger partial charge is 0.239 e. The molecule has 1 aromatic carbocycles. The van der Waals surface area contributed by atoms with Crippen molar-refractivity contribution in [2.45, 2.75) is 38.1 Å². The average Bonchev–Trinajstić information content (AvgIpc) is 2.53. The molecule has 5 nitrogen and oxygen atoms in total. The summed E-state index contributed by atoms with van der Waals surface area (Å²) < 4.78 is 10.4. The van der Waals surface area contributed by atoms with Gasteiger partial charge in [0.1, 0.15) is 11.5 Å². The normalized spacial score (nSPS) is 15.3. The van der Waals surface area contributed by atoms with Crippen molar-refractivity contribution in [3.05, 3.63) is 18.2 Å². The Morgan fingerprint density at radius 2 is 1.95 bits per heavy atom. The fourth-order valence-corrected chi connectivity index (χ4v) is 2.65. The molecule has 0 saturated heterocycles. The van der Waals surface area contributed by atoms with Gasteiger partial charge in [-0.05, 0) is 25.0 Å². The molecule has 1 saturated carbocycles.